The molecular formula is C12H9ClF2N2O. The first-order chi connectivity index (χ1) is 8.47. The molecule has 0 aliphatic heterocycles. The molecule has 2 N–H and O–H groups in total. The molecule has 1 heterocycles. The predicted octanol–water partition coefficient (Wildman–Crippen LogP) is 3.70. The van der Waals surface area contributed by atoms with Gasteiger partial charge in [-0.2, -0.15) is 4.98 Å². The molecule has 0 bridgehead atoms. The van der Waals surface area contributed by atoms with E-state index in [0.29, 0.717) is 11.1 Å². The van der Waals surface area contributed by atoms with Gasteiger partial charge in [-0.1, -0.05) is 17.7 Å². The van der Waals surface area contributed by atoms with Gasteiger partial charge in [-0.25, -0.2) is 8.78 Å². The van der Waals surface area contributed by atoms with Crippen LogP contribution in [0.1, 0.15) is 5.56 Å². The van der Waals surface area contributed by atoms with Crippen molar-refractivity contribution in [3.63, 3.8) is 0 Å². The first kappa shape index (κ1) is 12.6. The SMILES string of the molecule is Cc1ccc(Cl)c(Oc2nc(N)c(F)cc2F)c1. The molecule has 0 spiro atoms. The fourth-order valence-corrected chi connectivity index (χ4v) is 1.48. The quantitative estimate of drug-likeness (QED) is 0.905. The number of nitrogen functional groups attached to an aromatic ring is 1. The number of anilines is 1. The lowest BCUT2D eigenvalue weighted by Gasteiger charge is -2.09. The van der Waals surface area contributed by atoms with Crippen molar-refractivity contribution in [1.29, 1.82) is 0 Å². The fraction of sp³-hybridized carbons (Fsp3) is 0.0833. The van der Waals surface area contributed by atoms with Gasteiger partial charge in [0.25, 0.3) is 5.88 Å². The van der Waals surface area contributed by atoms with E-state index in [-0.39, 0.29) is 5.75 Å². The minimum atomic E-state index is -0.945. The van der Waals surface area contributed by atoms with Gasteiger partial charge in [0.1, 0.15) is 5.75 Å². The van der Waals surface area contributed by atoms with Crippen LogP contribution in [0.3, 0.4) is 0 Å². The molecule has 6 heteroatoms. The smallest absolute Gasteiger partial charge is 0.258 e. The predicted molar refractivity (Wildman–Crippen MR) is 64.8 cm³/mol. The first-order valence-electron chi connectivity index (χ1n) is 5.03. The highest BCUT2D eigenvalue weighted by molar-refractivity contribution is 6.32. The molecule has 3 nitrogen and oxygen atoms in total. The van der Waals surface area contributed by atoms with Crippen molar-refractivity contribution in [1.82, 2.24) is 4.98 Å². The summed E-state index contributed by atoms with van der Waals surface area (Å²) in [5, 5.41) is 0.296. The molecule has 2 rings (SSSR count). The fourth-order valence-electron chi connectivity index (χ4n) is 1.33. The molecule has 18 heavy (non-hydrogen) atoms. The maximum atomic E-state index is 13.4. The molecule has 0 saturated heterocycles. The monoisotopic (exact) mass is 270 g/mol. The van der Waals surface area contributed by atoms with Gasteiger partial charge in [-0.15, -0.1) is 0 Å². The zero-order valence-corrected chi connectivity index (χ0v) is 10.1. The van der Waals surface area contributed by atoms with E-state index in [1.54, 1.807) is 18.2 Å². The standard InChI is InChI=1S/C12H9ClF2N2O/c1-6-2-3-7(13)10(4-6)18-12-9(15)5-8(14)11(16)17-12/h2-5H,1H3,(H2,16,17). The van der Waals surface area contributed by atoms with Gasteiger partial charge < -0.3 is 10.5 Å². The minimum Gasteiger partial charge on any atom is -0.435 e. The summed E-state index contributed by atoms with van der Waals surface area (Å²) in [5.74, 6) is -2.50. The lowest BCUT2D eigenvalue weighted by molar-refractivity contribution is 0.418. The van der Waals surface area contributed by atoms with Crippen LogP contribution in [0.2, 0.25) is 5.02 Å². The zero-order chi connectivity index (χ0) is 13.3. The van der Waals surface area contributed by atoms with E-state index < -0.39 is 23.3 Å². The number of nitrogens with zero attached hydrogens (tertiary/aromatic N) is 1. The Morgan fingerprint density at radius 2 is 1.94 bits per heavy atom. The Hall–Kier alpha value is -1.88. The number of hydrogen-bond donors (Lipinski definition) is 1. The van der Waals surface area contributed by atoms with Crippen LogP contribution in [-0.4, -0.2) is 4.98 Å². The van der Waals surface area contributed by atoms with Gasteiger partial charge in [-0.05, 0) is 24.6 Å². The summed E-state index contributed by atoms with van der Waals surface area (Å²) >= 11 is 5.89. The number of pyridine rings is 1. The molecule has 1 aromatic heterocycles. The van der Waals surface area contributed by atoms with Crippen molar-refractivity contribution in [2.24, 2.45) is 0 Å². The zero-order valence-electron chi connectivity index (χ0n) is 9.38. The summed E-state index contributed by atoms with van der Waals surface area (Å²) in [7, 11) is 0. The Kier molecular flexibility index (Phi) is 3.34. The highest BCUT2D eigenvalue weighted by atomic mass is 35.5. The summed E-state index contributed by atoms with van der Waals surface area (Å²) in [6.07, 6.45) is 0. The normalized spacial score (nSPS) is 10.4. The first-order valence-corrected chi connectivity index (χ1v) is 5.40. The maximum absolute atomic E-state index is 13.4. The molecule has 1 aromatic carbocycles. The molecular weight excluding hydrogens is 262 g/mol. The lowest BCUT2D eigenvalue weighted by atomic mass is 10.2. The molecule has 94 valence electrons. The van der Waals surface area contributed by atoms with Crippen LogP contribution in [0.5, 0.6) is 11.6 Å². The molecule has 0 aliphatic rings. The van der Waals surface area contributed by atoms with Crippen molar-refractivity contribution < 1.29 is 13.5 Å². The highest BCUT2D eigenvalue weighted by Crippen LogP contribution is 2.31. The van der Waals surface area contributed by atoms with Crippen LogP contribution in [0, 0.1) is 18.6 Å². The van der Waals surface area contributed by atoms with Crippen LogP contribution in [0.4, 0.5) is 14.6 Å². The van der Waals surface area contributed by atoms with E-state index in [9.17, 15) is 8.78 Å². The maximum Gasteiger partial charge on any atom is 0.258 e. The number of nitrogens with two attached hydrogens (primary N) is 1. The van der Waals surface area contributed by atoms with Gasteiger partial charge in [0.2, 0.25) is 0 Å². The van der Waals surface area contributed by atoms with E-state index in [1.807, 2.05) is 6.92 Å². The number of aromatic nitrogens is 1. The van der Waals surface area contributed by atoms with Gasteiger partial charge in [0, 0.05) is 6.07 Å². The molecule has 0 radical (unpaired) electrons. The number of ether oxygens (including phenoxy) is 1. The Morgan fingerprint density at radius 3 is 2.67 bits per heavy atom. The van der Waals surface area contributed by atoms with E-state index >= 15 is 0 Å². The van der Waals surface area contributed by atoms with Crippen LogP contribution in [0.15, 0.2) is 24.3 Å². The van der Waals surface area contributed by atoms with E-state index in [4.69, 9.17) is 22.1 Å². The third-order valence-electron chi connectivity index (χ3n) is 2.22. The Labute approximate surface area is 107 Å². The summed E-state index contributed by atoms with van der Waals surface area (Å²) in [6, 6.07) is 5.61. The van der Waals surface area contributed by atoms with Crippen molar-refractivity contribution >= 4 is 17.4 Å². The van der Waals surface area contributed by atoms with E-state index in [1.165, 1.54) is 0 Å². The largest absolute Gasteiger partial charge is 0.435 e. The molecule has 0 fully saturated rings. The van der Waals surface area contributed by atoms with Gasteiger partial charge >= 0.3 is 0 Å². The summed E-state index contributed by atoms with van der Waals surface area (Å²) in [6.45, 7) is 1.83. The van der Waals surface area contributed by atoms with E-state index in [0.717, 1.165) is 5.56 Å². The average Bonchev–Trinajstić information content (AvgIpc) is 2.30. The van der Waals surface area contributed by atoms with Gasteiger partial charge in [0.05, 0.1) is 5.02 Å². The third kappa shape index (κ3) is 2.51. The Bertz CT molecular complexity index is 605. The van der Waals surface area contributed by atoms with Gasteiger partial charge in [0.15, 0.2) is 17.5 Å². The molecule has 0 atom stereocenters. The van der Waals surface area contributed by atoms with E-state index in [2.05, 4.69) is 4.98 Å². The van der Waals surface area contributed by atoms with Crippen molar-refractivity contribution in [2.45, 2.75) is 6.92 Å². The summed E-state index contributed by atoms with van der Waals surface area (Å²) in [5.41, 5.74) is 6.12. The van der Waals surface area contributed by atoms with Gasteiger partial charge in [-0.3, -0.25) is 0 Å². The highest BCUT2D eigenvalue weighted by Gasteiger charge is 2.13. The minimum absolute atomic E-state index is 0.231. The molecule has 2 aromatic rings. The summed E-state index contributed by atoms with van der Waals surface area (Å²) < 4.78 is 31.5. The average molecular weight is 271 g/mol. The number of aryl methyl sites for hydroxylation is 1. The number of rotatable bonds is 2. The van der Waals surface area contributed by atoms with Crippen LogP contribution >= 0.6 is 11.6 Å². The van der Waals surface area contributed by atoms with Crippen molar-refractivity contribution in [3.05, 3.63) is 46.5 Å². The molecule has 0 amide bonds. The second-order valence-electron chi connectivity index (χ2n) is 3.68. The number of benzene rings is 1. The molecule has 0 saturated carbocycles. The molecule has 0 aliphatic carbocycles. The van der Waals surface area contributed by atoms with Crippen LogP contribution in [-0.2, 0) is 0 Å². The van der Waals surface area contributed by atoms with Crippen LogP contribution in [0.25, 0.3) is 0 Å². The van der Waals surface area contributed by atoms with Crippen molar-refractivity contribution in [3.8, 4) is 11.6 Å². The number of halogens is 3. The summed E-state index contributed by atoms with van der Waals surface area (Å²) in [4.78, 5) is 3.49. The third-order valence-corrected chi connectivity index (χ3v) is 2.53. The number of hydrogen-bond acceptors (Lipinski definition) is 3. The van der Waals surface area contributed by atoms with Crippen LogP contribution < -0.4 is 10.5 Å². The Balaban J connectivity index is 2.40. The second kappa shape index (κ2) is 4.78. The lowest BCUT2D eigenvalue weighted by Crippen LogP contribution is -2.00. The topological polar surface area (TPSA) is 48.1 Å². The second-order valence-corrected chi connectivity index (χ2v) is 4.09. The molecule has 0 unspecified atom stereocenters. The van der Waals surface area contributed by atoms with Crippen molar-refractivity contribution in [2.75, 3.05) is 5.73 Å². The Morgan fingerprint density at radius 1 is 1.22 bits per heavy atom.